The van der Waals surface area contributed by atoms with Gasteiger partial charge in [-0.3, -0.25) is 9.59 Å². The monoisotopic (exact) mass is 321 g/mol. The first-order valence-electron chi connectivity index (χ1n) is 7.04. The fourth-order valence-electron chi connectivity index (χ4n) is 2.68. The minimum Gasteiger partial charge on any atom is -0.497 e. The third kappa shape index (κ3) is 3.16. The minimum absolute atomic E-state index is 0.0399. The van der Waals surface area contributed by atoms with Gasteiger partial charge in [0.1, 0.15) is 17.4 Å². The quantitative estimate of drug-likeness (QED) is 0.476. The molecule has 0 saturated carbocycles. The summed E-state index contributed by atoms with van der Waals surface area (Å²) >= 11 is 0. The third-order valence-electron chi connectivity index (χ3n) is 3.93. The summed E-state index contributed by atoms with van der Waals surface area (Å²) in [6, 6.07) is 2.16. The lowest BCUT2D eigenvalue weighted by atomic mass is 9.97. The molecule has 4 nitrogen and oxygen atoms in total. The highest BCUT2D eigenvalue weighted by Crippen LogP contribution is 2.35. The highest BCUT2D eigenvalue weighted by atomic mass is 19.1. The number of halogens is 2. The normalized spacial score (nSPS) is 18.7. The van der Waals surface area contributed by atoms with Crippen LogP contribution in [-0.4, -0.2) is 30.7 Å². The molecule has 1 heterocycles. The van der Waals surface area contributed by atoms with E-state index < -0.39 is 17.6 Å². The number of hydrogen-bond donors (Lipinski definition) is 0. The van der Waals surface area contributed by atoms with Crippen molar-refractivity contribution in [3.05, 3.63) is 53.3 Å². The number of allylic oxidation sites excluding steroid dienone is 3. The fraction of sp³-hybridized carbons (Fsp3) is 0.294. The Morgan fingerprint density at radius 1 is 1.39 bits per heavy atom. The molecule has 6 heteroatoms. The van der Waals surface area contributed by atoms with E-state index >= 15 is 0 Å². The largest absolute Gasteiger partial charge is 0.497 e. The second-order valence-electron chi connectivity index (χ2n) is 5.30. The molecule has 1 aliphatic rings. The lowest BCUT2D eigenvalue weighted by Crippen LogP contribution is -2.26. The van der Waals surface area contributed by atoms with E-state index in [9.17, 15) is 18.4 Å². The smallest absolute Gasteiger partial charge is 0.227 e. The molecule has 0 aromatic heterocycles. The van der Waals surface area contributed by atoms with E-state index in [-0.39, 0.29) is 35.9 Å². The lowest BCUT2D eigenvalue weighted by Gasteiger charge is -2.18. The van der Waals surface area contributed by atoms with Gasteiger partial charge in [-0.2, -0.15) is 0 Å². The number of ether oxygens (including phenoxy) is 1. The Kier molecular flexibility index (Phi) is 4.93. The van der Waals surface area contributed by atoms with Crippen LogP contribution in [0.4, 0.5) is 8.78 Å². The molecule has 1 saturated heterocycles. The van der Waals surface area contributed by atoms with Crippen molar-refractivity contribution in [3.63, 3.8) is 0 Å². The summed E-state index contributed by atoms with van der Waals surface area (Å²) in [7, 11) is 1.31. The van der Waals surface area contributed by atoms with Crippen molar-refractivity contribution in [1.82, 2.24) is 4.90 Å². The standard InChI is InChI=1S/C17H17F2NO3/c1-4-10(2)15(9-21)20-8-11(5-16(20)22)17-13(18)6-12(23-3)7-14(17)19/h4,6-7,9,11H,1,5,8H2,2-3H3/b15-10+. The maximum absolute atomic E-state index is 14.2. The Morgan fingerprint density at radius 2 is 2.00 bits per heavy atom. The van der Waals surface area contributed by atoms with E-state index in [2.05, 4.69) is 6.58 Å². The molecule has 122 valence electrons. The minimum atomic E-state index is -0.765. The summed E-state index contributed by atoms with van der Waals surface area (Å²) in [6.07, 6.45) is 1.94. The Labute approximate surface area is 133 Å². The van der Waals surface area contributed by atoms with Crippen LogP contribution in [0.3, 0.4) is 0 Å². The topological polar surface area (TPSA) is 46.6 Å². The summed E-state index contributed by atoms with van der Waals surface area (Å²) in [4.78, 5) is 24.6. The SMILES string of the molecule is C=C/C(C)=C(\C=O)N1CC(c2c(F)cc(OC)cc2F)CC1=O. The second-order valence-corrected chi connectivity index (χ2v) is 5.30. The van der Waals surface area contributed by atoms with E-state index in [1.807, 2.05) is 0 Å². The van der Waals surface area contributed by atoms with E-state index in [1.165, 1.54) is 18.1 Å². The van der Waals surface area contributed by atoms with Gasteiger partial charge in [-0.1, -0.05) is 12.7 Å². The highest BCUT2D eigenvalue weighted by molar-refractivity contribution is 5.89. The van der Waals surface area contributed by atoms with Crippen molar-refractivity contribution >= 4 is 12.2 Å². The van der Waals surface area contributed by atoms with Gasteiger partial charge in [-0.05, 0) is 12.5 Å². The van der Waals surface area contributed by atoms with Crippen LogP contribution in [0.1, 0.15) is 24.8 Å². The van der Waals surface area contributed by atoms with E-state index in [0.717, 1.165) is 12.1 Å². The first kappa shape index (κ1) is 16.9. The average Bonchev–Trinajstić information content (AvgIpc) is 2.88. The van der Waals surface area contributed by atoms with Gasteiger partial charge in [-0.25, -0.2) is 8.78 Å². The van der Waals surface area contributed by atoms with E-state index in [0.29, 0.717) is 11.9 Å². The molecule has 2 rings (SSSR count). The summed E-state index contributed by atoms with van der Waals surface area (Å²) < 4.78 is 33.1. The Bertz CT molecular complexity index is 674. The molecule has 1 aliphatic heterocycles. The lowest BCUT2D eigenvalue weighted by molar-refractivity contribution is -0.127. The van der Waals surface area contributed by atoms with Crippen LogP contribution in [0.2, 0.25) is 0 Å². The molecular weight excluding hydrogens is 304 g/mol. The van der Waals surface area contributed by atoms with Gasteiger partial charge >= 0.3 is 0 Å². The maximum Gasteiger partial charge on any atom is 0.227 e. The fourth-order valence-corrected chi connectivity index (χ4v) is 2.68. The zero-order chi connectivity index (χ0) is 17.1. The van der Waals surface area contributed by atoms with Gasteiger partial charge in [0, 0.05) is 36.6 Å². The van der Waals surface area contributed by atoms with Crippen LogP contribution in [0, 0.1) is 11.6 Å². The number of hydrogen-bond acceptors (Lipinski definition) is 3. The summed E-state index contributed by atoms with van der Waals surface area (Å²) in [6.45, 7) is 5.25. The zero-order valence-corrected chi connectivity index (χ0v) is 12.9. The Morgan fingerprint density at radius 3 is 2.48 bits per heavy atom. The zero-order valence-electron chi connectivity index (χ0n) is 12.9. The first-order chi connectivity index (χ1) is 10.9. The summed E-state index contributed by atoms with van der Waals surface area (Å²) in [5, 5.41) is 0. The highest BCUT2D eigenvalue weighted by Gasteiger charge is 2.36. The molecule has 1 fully saturated rings. The molecule has 0 spiro atoms. The van der Waals surface area contributed by atoms with Gasteiger partial charge in [0.05, 0.1) is 12.8 Å². The molecule has 23 heavy (non-hydrogen) atoms. The van der Waals surface area contributed by atoms with Gasteiger partial charge in [0.25, 0.3) is 0 Å². The van der Waals surface area contributed by atoms with Crippen LogP contribution in [-0.2, 0) is 9.59 Å². The maximum atomic E-state index is 14.2. The van der Waals surface area contributed by atoms with E-state index in [4.69, 9.17) is 4.74 Å². The van der Waals surface area contributed by atoms with Gasteiger partial charge in [-0.15, -0.1) is 0 Å². The van der Waals surface area contributed by atoms with Crippen LogP contribution in [0.15, 0.2) is 36.1 Å². The number of aldehydes is 1. The van der Waals surface area contributed by atoms with Crippen LogP contribution >= 0.6 is 0 Å². The van der Waals surface area contributed by atoms with Crippen molar-refractivity contribution in [2.24, 2.45) is 0 Å². The molecule has 1 unspecified atom stereocenters. The summed E-state index contributed by atoms with van der Waals surface area (Å²) in [5.41, 5.74) is 0.537. The third-order valence-corrected chi connectivity index (χ3v) is 3.93. The van der Waals surface area contributed by atoms with Crippen molar-refractivity contribution in [2.75, 3.05) is 13.7 Å². The number of amides is 1. The molecule has 0 aliphatic carbocycles. The Hall–Kier alpha value is -2.50. The second kappa shape index (κ2) is 6.73. The molecular formula is C17H17F2NO3. The molecule has 0 N–H and O–H groups in total. The average molecular weight is 321 g/mol. The van der Waals surface area contributed by atoms with Crippen LogP contribution in [0.5, 0.6) is 5.75 Å². The summed E-state index contributed by atoms with van der Waals surface area (Å²) in [5.74, 6) is -2.48. The van der Waals surface area contributed by atoms with Gasteiger partial charge in [0.15, 0.2) is 6.29 Å². The number of methoxy groups -OCH3 is 1. The number of nitrogens with zero attached hydrogens (tertiary/aromatic N) is 1. The molecule has 1 aromatic carbocycles. The number of likely N-dealkylation sites (tertiary alicyclic amines) is 1. The molecule has 1 atom stereocenters. The number of benzene rings is 1. The first-order valence-corrected chi connectivity index (χ1v) is 7.04. The van der Waals surface area contributed by atoms with Crippen molar-refractivity contribution in [3.8, 4) is 5.75 Å². The van der Waals surface area contributed by atoms with Gasteiger partial charge in [0.2, 0.25) is 5.91 Å². The van der Waals surface area contributed by atoms with Crippen molar-refractivity contribution in [1.29, 1.82) is 0 Å². The molecule has 1 aromatic rings. The van der Waals surface area contributed by atoms with Crippen molar-refractivity contribution < 1.29 is 23.1 Å². The Balaban J connectivity index is 2.37. The van der Waals surface area contributed by atoms with Gasteiger partial charge < -0.3 is 9.64 Å². The predicted octanol–water partition coefficient (Wildman–Crippen LogP) is 2.95. The van der Waals surface area contributed by atoms with Crippen LogP contribution in [0.25, 0.3) is 0 Å². The molecule has 1 amide bonds. The molecule has 0 radical (unpaired) electrons. The number of carbonyl (C=O) groups is 2. The van der Waals surface area contributed by atoms with Crippen molar-refractivity contribution in [2.45, 2.75) is 19.3 Å². The number of rotatable bonds is 5. The van der Waals surface area contributed by atoms with E-state index in [1.54, 1.807) is 6.92 Å². The molecule has 0 bridgehead atoms. The predicted molar refractivity (Wildman–Crippen MR) is 80.9 cm³/mol. The van der Waals surface area contributed by atoms with Crippen LogP contribution < -0.4 is 4.74 Å². The number of carbonyl (C=O) groups excluding carboxylic acids is 2.